The lowest BCUT2D eigenvalue weighted by Crippen LogP contribution is -2.38. The van der Waals surface area contributed by atoms with Crippen LogP contribution in [-0.4, -0.2) is 63.7 Å². The van der Waals surface area contributed by atoms with Crippen molar-refractivity contribution in [2.45, 2.75) is 72.1 Å². The summed E-state index contributed by atoms with van der Waals surface area (Å²) in [5.74, 6) is -0.869. The smallest absolute Gasteiger partial charge is 0.444 e. The molecule has 260 valence electrons. The number of carbonyl (C=O) groups is 3. The number of amides is 4. The summed E-state index contributed by atoms with van der Waals surface area (Å²) < 4.78 is 52.7. The van der Waals surface area contributed by atoms with Gasteiger partial charge in [0.15, 0.2) is 5.75 Å². The highest BCUT2D eigenvalue weighted by molar-refractivity contribution is 5.99. The van der Waals surface area contributed by atoms with Gasteiger partial charge in [0.1, 0.15) is 11.2 Å². The number of aromatic amines is 1. The number of alkyl halides is 3. The molecule has 1 heterocycles. The van der Waals surface area contributed by atoms with Gasteiger partial charge < -0.3 is 34.7 Å². The highest BCUT2D eigenvalue weighted by atomic mass is 19.4. The van der Waals surface area contributed by atoms with Crippen LogP contribution in [0.4, 0.5) is 39.2 Å². The van der Waals surface area contributed by atoms with E-state index in [2.05, 4.69) is 30.7 Å². The number of nitrogens with one attached hydrogen (secondary N) is 4. The van der Waals surface area contributed by atoms with E-state index < -0.39 is 47.1 Å². The molecule has 0 radical (unpaired) electrons. The fourth-order valence-corrected chi connectivity index (χ4v) is 4.06. The van der Waals surface area contributed by atoms with E-state index in [-0.39, 0.29) is 36.8 Å². The minimum Gasteiger partial charge on any atom is -0.444 e. The molecule has 0 bridgehead atoms. The van der Waals surface area contributed by atoms with E-state index in [4.69, 9.17) is 9.47 Å². The number of aromatic nitrogens is 2. The number of rotatable bonds is 10. The zero-order valence-corrected chi connectivity index (χ0v) is 27.4. The molecule has 2 aromatic carbocycles. The lowest BCUT2D eigenvalue weighted by Gasteiger charge is -2.27. The van der Waals surface area contributed by atoms with Gasteiger partial charge in [0, 0.05) is 25.8 Å². The Labute approximate surface area is 275 Å². The second kappa shape index (κ2) is 15.5. The average Bonchev–Trinajstić information content (AvgIpc) is 2.93. The van der Waals surface area contributed by atoms with Crippen LogP contribution in [0.2, 0.25) is 0 Å². The third kappa shape index (κ3) is 12.8. The molecule has 3 rings (SSSR count). The first-order valence-corrected chi connectivity index (χ1v) is 14.8. The summed E-state index contributed by atoms with van der Waals surface area (Å²) in [5, 5.41) is 7.14. The number of para-hydroxylation sites is 2. The van der Waals surface area contributed by atoms with Gasteiger partial charge in [-0.1, -0.05) is 36.4 Å². The molecule has 0 spiro atoms. The molecule has 0 atom stereocenters. The molecule has 1 aromatic heterocycles. The second-order valence-electron chi connectivity index (χ2n) is 12.5. The van der Waals surface area contributed by atoms with E-state index in [9.17, 15) is 32.3 Å². The van der Waals surface area contributed by atoms with Gasteiger partial charge in [0.25, 0.3) is 5.56 Å². The second-order valence-corrected chi connectivity index (χ2v) is 12.5. The van der Waals surface area contributed by atoms with Gasteiger partial charge in [-0.25, -0.2) is 14.4 Å². The number of carbonyl (C=O) groups excluding carboxylic acids is 3. The molecule has 3 aromatic rings. The number of ether oxygens (including phenoxy) is 3. The number of H-pyrrole nitrogens is 1. The van der Waals surface area contributed by atoms with Crippen molar-refractivity contribution in [1.29, 1.82) is 0 Å². The van der Waals surface area contributed by atoms with Gasteiger partial charge in [-0.05, 0) is 71.2 Å². The summed E-state index contributed by atoms with van der Waals surface area (Å²) >= 11 is 0. The summed E-state index contributed by atoms with van der Waals surface area (Å²) in [6, 6.07) is 10.8. The number of nitrogens with zero attached hydrogens (tertiary/aromatic N) is 2. The maximum Gasteiger partial charge on any atom is 0.573 e. The highest BCUT2D eigenvalue weighted by Crippen LogP contribution is 2.30. The zero-order chi connectivity index (χ0) is 35.7. The Kier molecular flexibility index (Phi) is 12.0. The van der Waals surface area contributed by atoms with E-state index in [1.165, 1.54) is 29.3 Å². The largest absolute Gasteiger partial charge is 0.573 e. The molecule has 16 heteroatoms. The maximum atomic E-state index is 12.9. The number of hydrogen-bond acceptors (Lipinski definition) is 8. The standard InChI is InChI=1S/C32H39F3N6O7/c1-30(2,3)47-28(44)36-16-9-17-41(29(45)48-31(4,5)6)19-20-12-14-21(15-13-20)22-18-37-26(39-25(22)42)40-27(43)38-23-10-7-8-11-24(23)46-32(33,34)35/h7-8,10-15,18H,9,16-17,19H2,1-6H3,(H,36,44)(H3,37,38,39,40,42,43). The number of urea groups is 1. The van der Waals surface area contributed by atoms with Gasteiger partial charge in [0.05, 0.1) is 11.3 Å². The van der Waals surface area contributed by atoms with Crippen molar-refractivity contribution in [2.75, 3.05) is 23.7 Å². The molecule has 0 aliphatic heterocycles. The first kappa shape index (κ1) is 37.2. The Morgan fingerprint density at radius 2 is 1.54 bits per heavy atom. The van der Waals surface area contributed by atoms with Crippen LogP contribution >= 0.6 is 0 Å². The SMILES string of the molecule is CC(C)(C)OC(=O)NCCCN(Cc1ccc(-c2c[nH]c(NC(=O)Nc3ccccc3OC(F)(F)F)nc2=O)cc1)C(=O)OC(C)(C)C. The normalized spacial score (nSPS) is 11.7. The molecule has 0 saturated heterocycles. The summed E-state index contributed by atoms with van der Waals surface area (Å²) in [7, 11) is 0. The fourth-order valence-electron chi connectivity index (χ4n) is 4.06. The van der Waals surface area contributed by atoms with Crippen molar-refractivity contribution < 1.29 is 41.8 Å². The lowest BCUT2D eigenvalue weighted by atomic mass is 10.1. The number of anilines is 2. The van der Waals surface area contributed by atoms with Crippen LogP contribution in [0.3, 0.4) is 0 Å². The Bertz CT molecular complexity index is 1630. The Morgan fingerprint density at radius 1 is 0.896 bits per heavy atom. The fraction of sp³-hybridized carbons (Fsp3) is 0.406. The highest BCUT2D eigenvalue weighted by Gasteiger charge is 2.32. The van der Waals surface area contributed by atoms with Gasteiger partial charge in [-0.3, -0.25) is 10.1 Å². The molecule has 48 heavy (non-hydrogen) atoms. The van der Waals surface area contributed by atoms with Crippen LogP contribution < -0.4 is 26.2 Å². The van der Waals surface area contributed by atoms with E-state index in [1.54, 1.807) is 65.8 Å². The van der Waals surface area contributed by atoms with Gasteiger partial charge >= 0.3 is 24.6 Å². The Morgan fingerprint density at radius 3 is 2.15 bits per heavy atom. The number of alkyl carbamates (subject to hydrolysis) is 1. The van der Waals surface area contributed by atoms with Crippen LogP contribution in [0.15, 0.2) is 59.5 Å². The molecule has 0 unspecified atom stereocenters. The van der Waals surface area contributed by atoms with Crippen LogP contribution in [0.25, 0.3) is 11.1 Å². The predicted octanol–water partition coefficient (Wildman–Crippen LogP) is 6.63. The van der Waals surface area contributed by atoms with Crippen LogP contribution in [0, 0.1) is 0 Å². The lowest BCUT2D eigenvalue weighted by molar-refractivity contribution is -0.274. The average molecular weight is 677 g/mol. The summed E-state index contributed by atoms with van der Waals surface area (Å²) in [5.41, 5.74) is -0.904. The third-order valence-corrected chi connectivity index (χ3v) is 5.95. The van der Waals surface area contributed by atoms with Crippen molar-refractivity contribution in [3.8, 4) is 16.9 Å². The molecule has 0 saturated carbocycles. The molecule has 13 nitrogen and oxygen atoms in total. The first-order valence-electron chi connectivity index (χ1n) is 14.8. The number of hydrogen-bond donors (Lipinski definition) is 4. The predicted molar refractivity (Wildman–Crippen MR) is 172 cm³/mol. The van der Waals surface area contributed by atoms with E-state index in [0.29, 0.717) is 12.0 Å². The van der Waals surface area contributed by atoms with Crippen LogP contribution in [-0.2, 0) is 16.0 Å². The molecule has 0 aliphatic carbocycles. The van der Waals surface area contributed by atoms with E-state index in [0.717, 1.165) is 11.6 Å². The van der Waals surface area contributed by atoms with Crippen molar-refractivity contribution in [3.63, 3.8) is 0 Å². The molecule has 0 fully saturated rings. The maximum absolute atomic E-state index is 12.9. The summed E-state index contributed by atoms with van der Waals surface area (Å²) in [6.45, 7) is 11.3. The Hall–Kier alpha value is -5.28. The van der Waals surface area contributed by atoms with Gasteiger partial charge in [-0.15, -0.1) is 13.2 Å². The minimum atomic E-state index is -4.96. The van der Waals surface area contributed by atoms with Crippen molar-refractivity contribution >= 4 is 29.9 Å². The molecule has 4 amide bonds. The minimum absolute atomic E-state index is 0.175. The third-order valence-electron chi connectivity index (χ3n) is 5.95. The molecular weight excluding hydrogens is 637 g/mol. The first-order chi connectivity index (χ1) is 22.3. The summed E-state index contributed by atoms with van der Waals surface area (Å²) in [4.78, 5) is 58.1. The van der Waals surface area contributed by atoms with E-state index >= 15 is 0 Å². The Balaban J connectivity index is 1.65. The van der Waals surface area contributed by atoms with Gasteiger partial charge in [0.2, 0.25) is 5.95 Å². The quantitative estimate of drug-likeness (QED) is 0.174. The number of benzene rings is 2. The van der Waals surface area contributed by atoms with Crippen molar-refractivity contribution in [1.82, 2.24) is 20.2 Å². The topological polar surface area (TPSA) is 164 Å². The number of halogens is 3. The molecule has 0 aliphatic rings. The van der Waals surface area contributed by atoms with Crippen molar-refractivity contribution in [2.24, 2.45) is 0 Å². The van der Waals surface area contributed by atoms with Crippen LogP contribution in [0.5, 0.6) is 5.75 Å². The molecule has 4 N–H and O–H groups in total. The van der Waals surface area contributed by atoms with Gasteiger partial charge in [-0.2, -0.15) is 4.98 Å². The van der Waals surface area contributed by atoms with Crippen LogP contribution in [0.1, 0.15) is 53.5 Å². The van der Waals surface area contributed by atoms with Crippen molar-refractivity contribution in [3.05, 3.63) is 70.6 Å². The molecular formula is C32H39F3N6O7. The van der Waals surface area contributed by atoms with E-state index in [1.807, 2.05) is 0 Å². The summed E-state index contributed by atoms with van der Waals surface area (Å²) in [6.07, 6.45) is -4.30. The zero-order valence-electron chi connectivity index (χ0n) is 27.4. The monoisotopic (exact) mass is 676 g/mol.